The summed E-state index contributed by atoms with van der Waals surface area (Å²) in [5.74, 6) is 5.91. The monoisotopic (exact) mass is 457 g/mol. The molecule has 0 radical (unpaired) electrons. The molecule has 1 aliphatic heterocycles. The fourth-order valence-corrected chi connectivity index (χ4v) is 3.46. The lowest BCUT2D eigenvalue weighted by atomic mass is 10.1. The molecule has 1 aromatic carbocycles. The van der Waals surface area contributed by atoms with E-state index >= 15 is 0 Å². The summed E-state index contributed by atoms with van der Waals surface area (Å²) in [6.07, 6.45) is 5.16. The van der Waals surface area contributed by atoms with Crippen LogP contribution in [0.15, 0.2) is 30.7 Å². The van der Waals surface area contributed by atoms with Crippen LogP contribution in [-0.4, -0.2) is 58.4 Å². The van der Waals surface area contributed by atoms with Gasteiger partial charge in [-0.15, -0.1) is 0 Å². The molecule has 0 atom stereocenters. The number of likely N-dealkylation sites (N-methyl/N-ethyl adjacent to an activating group) is 1. The van der Waals surface area contributed by atoms with Gasteiger partial charge in [0.25, 0.3) is 0 Å². The quantitative estimate of drug-likeness (QED) is 0.469. The van der Waals surface area contributed by atoms with E-state index in [1.165, 1.54) is 0 Å². The van der Waals surface area contributed by atoms with Crippen LogP contribution in [0.5, 0.6) is 0 Å². The summed E-state index contributed by atoms with van der Waals surface area (Å²) >= 11 is 6.01. The average Bonchev–Trinajstić information content (AvgIpc) is 3.24. The first kappa shape index (κ1) is 22.0. The Morgan fingerprint density at radius 1 is 1.19 bits per heavy atom. The zero-order valence-electron chi connectivity index (χ0n) is 17.7. The van der Waals surface area contributed by atoms with Crippen molar-refractivity contribution in [2.45, 2.75) is 13.1 Å². The van der Waals surface area contributed by atoms with E-state index in [2.05, 4.69) is 37.1 Å². The Morgan fingerprint density at radius 3 is 2.81 bits per heavy atom. The molecule has 1 N–H and O–H groups in total. The van der Waals surface area contributed by atoms with Crippen molar-refractivity contribution < 1.29 is 8.78 Å². The number of anilines is 2. The van der Waals surface area contributed by atoms with E-state index in [1.54, 1.807) is 12.4 Å². The van der Waals surface area contributed by atoms with Crippen molar-refractivity contribution in [3.8, 4) is 11.8 Å². The third-order valence-corrected chi connectivity index (χ3v) is 5.37. The normalized spacial score (nSPS) is 12.9. The van der Waals surface area contributed by atoms with Gasteiger partial charge in [0, 0.05) is 37.9 Å². The Morgan fingerprint density at radius 2 is 2.00 bits per heavy atom. The first-order chi connectivity index (χ1) is 15.4. The first-order valence-corrected chi connectivity index (χ1v) is 10.5. The molecule has 0 fully saturated rings. The van der Waals surface area contributed by atoms with Gasteiger partial charge in [0.1, 0.15) is 17.3 Å². The summed E-state index contributed by atoms with van der Waals surface area (Å²) in [6.45, 7) is 2.84. The standard InChI is InChI=1S/C22H22ClF2N7/c1-30(2)9-10-32-13-15(11-28-32)3-4-16-12-27-21-22(29-16)31(8-7-26-21)14-17-18(24)5-6-19(25)20(17)23/h5-6,11-13H,7-10,14H2,1-2H3,(H,26,27). The molecule has 0 spiro atoms. The number of halogens is 3. The zero-order chi connectivity index (χ0) is 22.7. The SMILES string of the molecule is CN(C)CCn1cc(C#Cc2cnc3c(n2)N(Cc2c(F)ccc(F)c2Cl)CCN3)cn1. The molecule has 0 amide bonds. The number of benzene rings is 1. The highest BCUT2D eigenvalue weighted by Crippen LogP contribution is 2.30. The number of rotatable bonds is 5. The molecule has 1 aliphatic rings. The third kappa shape index (κ3) is 4.98. The number of nitrogens with zero attached hydrogens (tertiary/aromatic N) is 6. The van der Waals surface area contributed by atoms with Gasteiger partial charge in [-0.05, 0) is 32.1 Å². The largest absolute Gasteiger partial charge is 0.365 e. The second kappa shape index (κ2) is 9.51. The highest BCUT2D eigenvalue weighted by atomic mass is 35.5. The number of hydrogen-bond donors (Lipinski definition) is 1. The molecule has 3 aromatic rings. The summed E-state index contributed by atoms with van der Waals surface area (Å²) in [4.78, 5) is 12.9. The summed E-state index contributed by atoms with van der Waals surface area (Å²) in [5, 5.41) is 7.25. The fraction of sp³-hybridized carbons (Fsp3) is 0.318. The molecule has 32 heavy (non-hydrogen) atoms. The number of aromatic nitrogens is 4. The second-order valence-corrected chi connectivity index (χ2v) is 8.02. The van der Waals surface area contributed by atoms with E-state index in [1.807, 2.05) is 29.9 Å². The lowest BCUT2D eigenvalue weighted by Gasteiger charge is -2.30. The van der Waals surface area contributed by atoms with Crippen molar-refractivity contribution in [3.63, 3.8) is 0 Å². The van der Waals surface area contributed by atoms with Gasteiger partial charge in [-0.25, -0.2) is 18.7 Å². The maximum Gasteiger partial charge on any atom is 0.173 e. The van der Waals surface area contributed by atoms with Crippen molar-refractivity contribution in [2.24, 2.45) is 0 Å². The van der Waals surface area contributed by atoms with Crippen LogP contribution in [-0.2, 0) is 13.1 Å². The van der Waals surface area contributed by atoms with Gasteiger partial charge in [-0.2, -0.15) is 5.10 Å². The minimum Gasteiger partial charge on any atom is -0.365 e. The lowest BCUT2D eigenvalue weighted by molar-refractivity contribution is 0.373. The van der Waals surface area contributed by atoms with Crippen LogP contribution in [0.3, 0.4) is 0 Å². The molecule has 0 unspecified atom stereocenters. The highest BCUT2D eigenvalue weighted by Gasteiger charge is 2.23. The number of hydrogen-bond acceptors (Lipinski definition) is 6. The van der Waals surface area contributed by atoms with Gasteiger partial charge in [0.05, 0.1) is 29.5 Å². The van der Waals surface area contributed by atoms with E-state index in [4.69, 9.17) is 11.6 Å². The molecule has 7 nitrogen and oxygen atoms in total. The van der Waals surface area contributed by atoms with Crippen LogP contribution in [0.25, 0.3) is 0 Å². The van der Waals surface area contributed by atoms with Crippen LogP contribution in [0.4, 0.5) is 20.4 Å². The van der Waals surface area contributed by atoms with Crippen molar-refractivity contribution in [2.75, 3.05) is 43.9 Å². The van der Waals surface area contributed by atoms with Gasteiger partial charge in [0.15, 0.2) is 11.6 Å². The Hall–Kier alpha value is -3.22. The predicted octanol–water partition coefficient (Wildman–Crippen LogP) is 3.00. The molecule has 4 rings (SSSR count). The molecule has 0 saturated heterocycles. The summed E-state index contributed by atoms with van der Waals surface area (Å²) in [6, 6.07) is 2.09. The van der Waals surface area contributed by atoms with E-state index in [0.717, 1.165) is 30.8 Å². The fourth-order valence-electron chi connectivity index (χ4n) is 3.25. The van der Waals surface area contributed by atoms with Crippen molar-refractivity contribution in [3.05, 3.63) is 64.2 Å². The minimum absolute atomic E-state index is 0.0707. The van der Waals surface area contributed by atoms with Crippen molar-refractivity contribution in [1.82, 2.24) is 24.6 Å². The van der Waals surface area contributed by atoms with E-state index in [9.17, 15) is 8.78 Å². The molecular formula is C22H22ClF2N7. The second-order valence-electron chi connectivity index (χ2n) is 7.64. The van der Waals surface area contributed by atoms with Gasteiger partial charge in [0.2, 0.25) is 0 Å². The van der Waals surface area contributed by atoms with Crippen molar-refractivity contribution >= 4 is 23.2 Å². The summed E-state index contributed by atoms with van der Waals surface area (Å²) < 4.78 is 30.0. The molecule has 2 aromatic heterocycles. The maximum absolute atomic E-state index is 14.3. The van der Waals surface area contributed by atoms with Gasteiger partial charge in [-0.3, -0.25) is 4.68 Å². The van der Waals surface area contributed by atoms with Crippen LogP contribution < -0.4 is 10.2 Å². The Kier molecular flexibility index (Phi) is 6.53. The molecule has 3 heterocycles. The Bertz CT molecular complexity index is 1180. The topological polar surface area (TPSA) is 62.1 Å². The van der Waals surface area contributed by atoms with Crippen molar-refractivity contribution in [1.29, 1.82) is 0 Å². The zero-order valence-corrected chi connectivity index (χ0v) is 18.5. The van der Waals surface area contributed by atoms with E-state index in [0.29, 0.717) is 30.4 Å². The lowest BCUT2D eigenvalue weighted by Crippen LogP contribution is -2.35. The van der Waals surface area contributed by atoms with Crippen LogP contribution in [0, 0.1) is 23.5 Å². The van der Waals surface area contributed by atoms with Crippen LogP contribution in [0.2, 0.25) is 5.02 Å². The number of fused-ring (bicyclic) bond motifs is 1. The smallest absolute Gasteiger partial charge is 0.173 e. The Balaban J connectivity index is 1.55. The van der Waals surface area contributed by atoms with E-state index < -0.39 is 11.6 Å². The minimum atomic E-state index is -0.657. The summed E-state index contributed by atoms with van der Waals surface area (Å²) in [7, 11) is 4.02. The molecule has 0 saturated carbocycles. The van der Waals surface area contributed by atoms with E-state index in [-0.39, 0.29) is 17.1 Å². The number of nitrogens with one attached hydrogen (secondary N) is 1. The van der Waals surface area contributed by atoms with Gasteiger partial charge >= 0.3 is 0 Å². The first-order valence-electron chi connectivity index (χ1n) is 10.1. The molecule has 0 aliphatic carbocycles. The maximum atomic E-state index is 14.3. The molecular weight excluding hydrogens is 436 g/mol. The molecule has 10 heteroatoms. The predicted molar refractivity (Wildman–Crippen MR) is 120 cm³/mol. The van der Waals surface area contributed by atoms with Gasteiger partial charge in [-0.1, -0.05) is 17.5 Å². The third-order valence-electron chi connectivity index (χ3n) is 4.96. The molecule has 166 valence electrons. The Labute approximate surface area is 190 Å². The average molecular weight is 458 g/mol. The molecule has 0 bridgehead atoms. The van der Waals surface area contributed by atoms with Crippen LogP contribution in [0.1, 0.15) is 16.8 Å². The van der Waals surface area contributed by atoms with Crippen LogP contribution >= 0.6 is 11.6 Å². The highest BCUT2D eigenvalue weighted by molar-refractivity contribution is 6.31. The summed E-state index contributed by atoms with van der Waals surface area (Å²) in [5.41, 5.74) is 1.32. The van der Waals surface area contributed by atoms with Gasteiger partial charge < -0.3 is 15.1 Å².